The standard InChI is InChI=1S/C16H30N2O2/c1-3-17-15-11-20-10-14(15)16(19)18-8-7-13-6-4-5-12(2)9-13/h12-15,17H,3-11H2,1-2H3,(H,18,19). The molecule has 4 heteroatoms. The molecular formula is C16H30N2O2. The van der Waals surface area contributed by atoms with E-state index in [2.05, 4.69) is 24.5 Å². The van der Waals surface area contributed by atoms with Gasteiger partial charge in [0.15, 0.2) is 0 Å². The normalized spacial score (nSPS) is 34.1. The second-order valence-electron chi connectivity index (χ2n) is 6.53. The molecule has 1 aliphatic heterocycles. The second-order valence-corrected chi connectivity index (χ2v) is 6.53. The Morgan fingerprint density at radius 2 is 2.15 bits per heavy atom. The zero-order chi connectivity index (χ0) is 14.4. The molecule has 2 N–H and O–H groups in total. The van der Waals surface area contributed by atoms with Crippen molar-refractivity contribution in [3.05, 3.63) is 0 Å². The van der Waals surface area contributed by atoms with Gasteiger partial charge in [-0.3, -0.25) is 4.79 Å². The van der Waals surface area contributed by atoms with Crippen molar-refractivity contribution in [2.45, 2.75) is 52.0 Å². The van der Waals surface area contributed by atoms with Gasteiger partial charge in [0, 0.05) is 12.6 Å². The molecule has 20 heavy (non-hydrogen) atoms. The molecule has 1 saturated heterocycles. The highest BCUT2D eigenvalue weighted by atomic mass is 16.5. The number of rotatable bonds is 6. The number of carbonyl (C=O) groups excluding carboxylic acids is 1. The molecular weight excluding hydrogens is 252 g/mol. The molecule has 0 spiro atoms. The van der Waals surface area contributed by atoms with Crippen LogP contribution >= 0.6 is 0 Å². The number of likely N-dealkylation sites (N-methyl/N-ethyl adjacent to an activating group) is 1. The first-order valence-electron chi connectivity index (χ1n) is 8.29. The molecule has 0 aromatic carbocycles. The van der Waals surface area contributed by atoms with Gasteiger partial charge in [0.2, 0.25) is 5.91 Å². The molecule has 2 aliphatic rings. The predicted molar refractivity (Wildman–Crippen MR) is 80.5 cm³/mol. The lowest BCUT2D eigenvalue weighted by Crippen LogP contribution is -2.44. The summed E-state index contributed by atoms with van der Waals surface area (Å²) < 4.78 is 5.43. The first kappa shape index (κ1) is 15.8. The van der Waals surface area contributed by atoms with Gasteiger partial charge in [-0.1, -0.05) is 33.1 Å². The molecule has 116 valence electrons. The van der Waals surface area contributed by atoms with Gasteiger partial charge in [0.25, 0.3) is 0 Å². The van der Waals surface area contributed by atoms with Crippen molar-refractivity contribution in [1.82, 2.24) is 10.6 Å². The third-order valence-electron chi connectivity index (χ3n) is 4.78. The SMILES string of the molecule is CCNC1COCC1C(=O)NCCC1CCCC(C)C1. The van der Waals surface area contributed by atoms with Crippen molar-refractivity contribution in [1.29, 1.82) is 0 Å². The average Bonchev–Trinajstić information content (AvgIpc) is 2.87. The van der Waals surface area contributed by atoms with Crippen molar-refractivity contribution in [3.63, 3.8) is 0 Å². The van der Waals surface area contributed by atoms with Crippen LogP contribution < -0.4 is 10.6 Å². The van der Waals surface area contributed by atoms with Crippen LogP contribution in [0, 0.1) is 17.8 Å². The highest BCUT2D eigenvalue weighted by Crippen LogP contribution is 2.30. The van der Waals surface area contributed by atoms with E-state index in [-0.39, 0.29) is 17.9 Å². The Morgan fingerprint density at radius 3 is 2.90 bits per heavy atom. The summed E-state index contributed by atoms with van der Waals surface area (Å²) >= 11 is 0. The summed E-state index contributed by atoms with van der Waals surface area (Å²) in [5.41, 5.74) is 0. The molecule has 0 radical (unpaired) electrons. The number of ether oxygens (including phenoxy) is 1. The van der Waals surface area contributed by atoms with E-state index >= 15 is 0 Å². The number of amides is 1. The van der Waals surface area contributed by atoms with E-state index in [1.807, 2.05) is 0 Å². The van der Waals surface area contributed by atoms with Gasteiger partial charge in [0.05, 0.1) is 19.1 Å². The number of hydrogen-bond acceptors (Lipinski definition) is 3. The van der Waals surface area contributed by atoms with Crippen LogP contribution in [0.1, 0.15) is 46.0 Å². The molecule has 2 fully saturated rings. The van der Waals surface area contributed by atoms with E-state index in [1.54, 1.807) is 0 Å². The van der Waals surface area contributed by atoms with Crippen LogP contribution in [0.3, 0.4) is 0 Å². The summed E-state index contributed by atoms with van der Waals surface area (Å²) in [5.74, 6) is 1.83. The lowest BCUT2D eigenvalue weighted by molar-refractivity contribution is -0.125. The van der Waals surface area contributed by atoms with Crippen molar-refractivity contribution in [2.75, 3.05) is 26.3 Å². The third-order valence-corrected chi connectivity index (χ3v) is 4.78. The molecule has 0 bridgehead atoms. The first-order valence-corrected chi connectivity index (χ1v) is 8.29. The van der Waals surface area contributed by atoms with Gasteiger partial charge in [-0.25, -0.2) is 0 Å². The first-order chi connectivity index (χ1) is 9.70. The zero-order valence-electron chi connectivity index (χ0n) is 13.0. The monoisotopic (exact) mass is 282 g/mol. The maximum absolute atomic E-state index is 12.2. The van der Waals surface area contributed by atoms with Crippen molar-refractivity contribution >= 4 is 5.91 Å². The van der Waals surface area contributed by atoms with E-state index in [9.17, 15) is 4.79 Å². The van der Waals surface area contributed by atoms with Crippen LogP contribution in [0.4, 0.5) is 0 Å². The summed E-state index contributed by atoms with van der Waals surface area (Å²) in [6, 6.07) is 0.190. The van der Waals surface area contributed by atoms with Gasteiger partial charge < -0.3 is 15.4 Å². The van der Waals surface area contributed by atoms with E-state index in [0.717, 1.165) is 31.3 Å². The molecule has 4 nitrogen and oxygen atoms in total. The predicted octanol–water partition coefficient (Wildman–Crippen LogP) is 1.94. The van der Waals surface area contributed by atoms with Crippen LogP contribution in [0.5, 0.6) is 0 Å². The number of hydrogen-bond donors (Lipinski definition) is 2. The fourth-order valence-electron chi connectivity index (χ4n) is 3.63. The van der Waals surface area contributed by atoms with Gasteiger partial charge in [-0.2, -0.15) is 0 Å². The molecule has 1 amide bonds. The largest absolute Gasteiger partial charge is 0.379 e. The molecule has 1 aliphatic carbocycles. The minimum atomic E-state index is -0.0137. The highest BCUT2D eigenvalue weighted by molar-refractivity contribution is 5.79. The quantitative estimate of drug-likeness (QED) is 0.783. The Hall–Kier alpha value is -0.610. The van der Waals surface area contributed by atoms with Crippen LogP contribution in [0.15, 0.2) is 0 Å². The topological polar surface area (TPSA) is 50.4 Å². The maximum Gasteiger partial charge on any atom is 0.227 e. The third kappa shape index (κ3) is 4.45. The van der Waals surface area contributed by atoms with E-state index in [0.29, 0.717) is 13.2 Å². The van der Waals surface area contributed by atoms with Crippen LogP contribution in [0.2, 0.25) is 0 Å². The van der Waals surface area contributed by atoms with E-state index < -0.39 is 0 Å². The summed E-state index contributed by atoms with van der Waals surface area (Å²) in [6.45, 7) is 7.35. The molecule has 0 aromatic heterocycles. The maximum atomic E-state index is 12.2. The van der Waals surface area contributed by atoms with Crippen LogP contribution in [-0.4, -0.2) is 38.3 Å². The highest BCUT2D eigenvalue weighted by Gasteiger charge is 2.33. The minimum absolute atomic E-state index is 0.0137. The number of carbonyl (C=O) groups is 1. The Kier molecular flexibility index (Phi) is 6.30. The second kappa shape index (κ2) is 7.99. The van der Waals surface area contributed by atoms with Crippen molar-refractivity contribution in [3.8, 4) is 0 Å². The fraction of sp³-hybridized carbons (Fsp3) is 0.938. The fourth-order valence-corrected chi connectivity index (χ4v) is 3.63. The summed E-state index contributed by atoms with van der Waals surface area (Å²) in [5, 5.41) is 6.45. The van der Waals surface area contributed by atoms with Gasteiger partial charge >= 0.3 is 0 Å². The molecule has 0 aromatic rings. The van der Waals surface area contributed by atoms with Gasteiger partial charge in [-0.15, -0.1) is 0 Å². The zero-order valence-corrected chi connectivity index (χ0v) is 13.0. The van der Waals surface area contributed by atoms with Crippen LogP contribution in [0.25, 0.3) is 0 Å². The van der Waals surface area contributed by atoms with Crippen LogP contribution in [-0.2, 0) is 9.53 Å². The summed E-state index contributed by atoms with van der Waals surface area (Å²) in [6.07, 6.45) is 6.55. The number of nitrogens with one attached hydrogen (secondary N) is 2. The summed E-state index contributed by atoms with van der Waals surface area (Å²) in [7, 11) is 0. The van der Waals surface area contributed by atoms with Gasteiger partial charge in [-0.05, 0) is 31.2 Å². The van der Waals surface area contributed by atoms with E-state index in [4.69, 9.17) is 4.74 Å². The van der Waals surface area contributed by atoms with Crippen molar-refractivity contribution < 1.29 is 9.53 Å². The lowest BCUT2D eigenvalue weighted by atomic mass is 9.81. The Morgan fingerprint density at radius 1 is 1.30 bits per heavy atom. The average molecular weight is 282 g/mol. The molecule has 1 saturated carbocycles. The lowest BCUT2D eigenvalue weighted by Gasteiger charge is -2.27. The van der Waals surface area contributed by atoms with Crippen molar-refractivity contribution in [2.24, 2.45) is 17.8 Å². The Labute approximate surface area is 123 Å². The van der Waals surface area contributed by atoms with E-state index in [1.165, 1.54) is 25.7 Å². The molecule has 4 unspecified atom stereocenters. The summed E-state index contributed by atoms with van der Waals surface area (Å²) in [4.78, 5) is 12.2. The molecule has 4 atom stereocenters. The van der Waals surface area contributed by atoms with Gasteiger partial charge in [0.1, 0.15) is 0 Å². The Balaban J connectivity index is 1.66. The smallest absolute Gasteiger partial charge is 0.227 e. The molecule has 2 rings (SSSR count). The minimum Gasteiger partial charge on any atom is -0.379 e. The Bertz CT molecular complexity index is 309. The molecule has 1 heterocycles.